The first kappa shape index (κ1) is 21.9. The van der Waals surface area contributed by atoms with Crippen LogP contribution in [0.4, 0.5) is 15.8 Å². The number of carbonyl (C=O) groups excluding carboxylic acids is 2. The Kier molecular flexibility index (Phi) is 6.48. The molecule has 1 aliphatic heterocycles. The molecule has 9 heteroatoms. The topological polar surface area (TPSA) is 80.8 Å². The summed E-state index contributed by atoms with van der Waals surface area (Å²) in [6.07, 6.45) is 0.00727. The summed E-state index contributed by atoms with van der Waals surface area (Å²) in [7, 11) is 1.65. The van der Waals surface area contributed by atoms with E-state index >= 15 is 0 Å². The fraction of sp³-hybridized carbons (Fsp3) is 0.261. The Hall–Kier alpha value is -3.30. The Bertz CT molecular complexity index is 1130. The highest BCUT2D eigenvalue weighted by Crippen LogP contribution is 2.37. The number of methoxy groups -OCH3 is 1. The van der Waals surface area contributed by atoms with E-state index in [1.54, 1.807) is 37.5 Å². The van der Waals surface area contributed by atoms with Crippen molar-refractivity contribution in [3.63, 3.8) is 0 Å². The molecule has 32 heavy (non-hydrogen) atoms. The van der Waals surface area contributed by atoms with Gasteiger partial charge in [0, 0.05) is 30.2 Å². The molecule has 3 aromatic rings. The van der Waals surface area contributed by atoms with Crippen LogP contribution in [0.5, 0.6) is 5.75 Å². The van der Waals surface area contributed by atoms with Crippen LogP contribution in [0.3, 0.4) is 0 Å². The van der Waals surface area contributed by atoms with Gasteiger partial charge in [0.2, 0.25) is 5.91 Å². The van der Waals surface area contributed by atoms with Gasteiger partial charge in [-0.05, 0) is 49.4 Å². The summed E-state index contributed by atoms with van der Waals surface area (Å²) in [5.41, 5.74) is 2.56. The summed E-state index contributed by atoms with van der Waals surface area (Å²) >= 11 is 1.54. The normalized spacial score (nSPS) is 15.3. The summed E-state index contributed by atoms with van der Waals surface area (Å²) in [6.45, 7) is 2.04. The molecule has 7 nitrogen and oxygen atoms in total. The molecule has 0 radical (unpaired) electrons. The molecule has 1 N–H and O–H groups in total. The van der Waals surface area contributed by atoms with Gasteiger partial charge in [-0.15, -0.1) is 11.3 Å². The van der Waals surface area contributed by atoms with Gasteiger partial charge in [0.25, 0.3) is 5.91 Å². The first-order valence-corrected chi connectivity index (χ1v) is 10.9. The highest BCUT2D eigenvalue weighted by molar-refractivity contribution is 7.09. The molecule has 0 aliphatic carbocycles. The Labute approximate surface area is 188 Å². The number of thiazole rings is 1. The van der Waals surface area contributed by atoms with Gasteiger partial charge in [-0.2, -0.15) is 0 Å². The number of benzene rings is 2. The maximum atomic E-state index is 13.1. The third kappa shape index (κ3) is 4.79. The lowest BCUT2D eigenvalue weighted by molar-refractivity contribution is -0.127. The Morgan fingerprint density at radius 3 is 2.81 bits per heavy atom. The molecule has 0 saturated heterocycles. The third-order valence-corrected chi connectivity index (χ3v) is 5.87. The SMILES string of the molecule is COCCc1nc(-c2ccc3c(c2)N(CC(=O)Nc2ccc(F)cc2)C(=O)C(C)O3)cs1. The largest absolute Gasteiger partial charge is 0.479 e. The molecule has 2 amide bonds. The van der Waals surface area contributed by atoms with E-state index in [2.05, 4.69) is 10.3 Å². The highest BCUT2D eigenvalue weighted by atomic mass is 32.1. The first-order chi connectivity index (χ1) is 15.4. The van der Waals surface area contributed by atoms with Gasteiger partial charge < -0.3 is 14.8 Å². The van der Waals surface area contributed by atoms with Crippen molar-refractivity contribution in [2.75, 3.05) is 30.5 Å². The predicted octanol–water partition coefficient (Wildman–Crippen LogP) is 3.89. The molecule has 0 spiro atoms. The minimum Gasteiger partial charge on any atom is -0.479 e. The van der Waals surface area contributed by atoms with Gasteiger partial charge in [-0.3, -0.25) is 14.5 Å². The maximum absolute atomic E-state index is 13.1. The number of halogens is 1. The van der Waals surface area contributed by atoms with Gasteiger partial charge in [-0.25, -0.2) is 9.37 Å². The zero-order valence-electron chi connectivity index (χ0n) is 17.6. The second-order valence-electron chi connectivity index (χ2n) is 7.29. The predicted molar refractivity (Wildman–Crippen MR) is 121 cm³/mol. The van der Waals surface area contributed by atoms with Crippen LogP contribution in [-0.4, -0.2) is 43.2 Å². The molecule has 0 saturated carbocycles. The van der Waals surface area contributed by atoms with Crippen molar-refractivity contribution >= 4 is 34.5 Å². The molecule has 0 fully saturated rings. The molecule has 1 atom stereocenters. The van der Waals surface area contributed by atoms with Crippen molar-refractivity contribution in [2.24, 2.45) is 0 Å². The molecule has 1 unspecified atom stereocenters. The van der Waals surface area contributed by atoms with E-state index in [-0.39, 0.29) is 12.5 Å². The average molecular weight is 456 g/mol. The van der Waals surface area contributed by atoms with E-state index < -0.39 is 17.8 Å². The van der Waals surface area contributed by atoms with Crippen LogP contribution >= 0.6 is 11.3 Å². The Morgan fingerprint density at radius 1 is 1.28 bits per heavy atom. The molecule has 2 aromatic carbocycles. The first-order valence-electron chi connectivity index (χ1n) is 10.1. The van der Waals surface area contributed by atoms with Crippen LogP contribution in [0.15, 0.2) is 47.8 Å². The van der Waals surface area contributed by atoms with Crippen LogP contribution in [0.25, 0.3) is 11.3 Å². The number of nitrogens with zero attached hydrogens (tertiary/aromatic N) is 2. The van der Waals surface area contributed by atoms with Gasteiger partial charge in [0.15, 0.2) is 6.10 Å². The van der Waals surface area contributed by atoms with E-state index in [0.29, 0.717) is 23.7 Å². The number of carbonyl (C=O) groups is 2. The second kappa shape index (κ2) is 9.46. The number of anilines is 2. The smallest absolute Gasteiger partial charge is 0.268 e. The summed E-state index contributed by atoms with van der Waals surface area (Å²) in [5, 5.41) is 5.59. The number of ether oxygens (including phenoxy) is 2. The van der Waals surface area contributed by atoms with Crippen LogP contribution in [-0.2, 0) is 20.7 Å². The molecule has 1 aliphatic rings. The van der Waals surface area contributed by atoms with E-state index in [1.165, 1.54) is 29.2 Å². The lowest BCUT2D eigenvalue weighted by atomic mass is 10.1. The summed E-state index contributed by atoms with van der Waals surface area (Å²) in [4.78, 5) is 31.5. The fourth-order valence-corrected chi connectivity index (χ4v) is 4.14. The van der Waals surface area contributed by atoms with Crippen molar-refractivity contribution in [1.82, 2.24) is 4.98 Å². The molecule has 0 bridgehead atoms. The number of hydrogen-bond donors (Lipinski definition) is 1. The number of rotatable bonds is 7. The number of aromatic nitrogens is 1. The summed E-state index contributed by atoms with van der Waals surface area (Å²) < 4.78 is 24.0. The average Bonchev–Trinajstić information content (AvgIpc) is 3.26. The van der Waals surface area contributed by atoms with E-state index in [1.807, 2.05) is 11.4 Å². The van der Waals surface area contributed by atoms with Crippen LogP contribution < -0.4 is 15.0 Å². The quantitative estimate of drug-likeness (QED) is 0.585. The van der Waals surface area contributed by atoms with Crippen LogP contribution in [0, 0.1) is 5.82 Å². The molecular formula is C23H22FN3O4S. The van der Waals surface area contributed by atoms with Gasteiger partial charge >= 0.3 is 0 Å². The van der Waals surface area contributed by atoms with Gasteiger partial charge in [0.05, 0.1) is 23.0 Å². The number of amides is 2. The zero-order chi connectivity index (χ0) is 22.7. The molecular weight excluding hydrogens is 433 g/mol. The minimum absolute atomic E-state index is 0.198. The highest BCUT2D eigenvalue weighted by Gasteiger charge is 2.33. The van der Waals surface area contributed by atoms with Crippen molar-refractivity contribution in [3.8, 4) is 17.0 Å². The Balaban J connectivity index is 1.57. The summed E-state index contributed by atoms with van der Waals surface area (Å²) in [6, 6.07) is 10.9. The third-order valence-electron chi connectivity index (χ3n) is 4.96. The molecule has 1 aromatic heterocycles. The molecule has 166 valence electrons. The molecule has 4 rings (SSSR count). The van der Waals surface area contributed by atoms with Gasteiger partial charge in [-0.1, -0.05) is 0 Å². The van der Waals surface area contributed by atoms with Crippen LogP contribution in [0.1, 0.15) is 11.9 Å². The lowest BCUT2D eigenvalue weighted by Crippen LogP contribution is -2.47. The molecule has 2 heterocycles. The van der Waals surface area contributed by atoms with E-state index in [0.717, 1.165) is 22.7 Å². The monoisotopic (exact) mass is 455 g/mol. The fourth-order valence-electron chi connectivity index (χ4n) is 3.35. The van der Waals surface area contributed by atoms with Crippen molar-refractivity contribution < 1.29 is 23.5 Å². The number of nitrogens with one attached hydrogen (secondary N) is 1. The van der Waals surface area contributed by atoms with Crippen molar-refractivity contribution in [1.29, 1.82) is 0 Å². The van der Waals surface area contributed by atoms with Crippen molar-refractivity contribution in [3.05, 3.63) is 58.7 Å². The minimum atomic E-state index is -0.716. The lowest BCUT2D eigenvalue weighted by Gasteiger charge is -2.32. The van der Waals surface area contributed by atoms with Crippen molar-refractivity contribution in [2.45, 2.75) is 19.4 Å². The number of hydrogen-bond acceptors (Lipinski definition) is 6. The maximum Gasteiger partial charge on any atom is 0.268 e. The van der Waals surface area contributed by atoms with E-state index in [4.69, 9.17) is 9.47 Å². The standard InChI is InChI=1S/C23H22FN3O4S/c1-14-23(29)27(12-21(28)25-17-6-4-16(24)5-7-17)19-11-15(3-8-20(19)31-14)18-13-32-22(26-18)9-10-30-2/h3-8,11,13-14H,9-10,12H2,1-2H3,(H,25,28). The van der Waals surface area contributed by atoms with Crippen LogP contribution in [0.2, 0.25) is 0 Å². The van der Waals surface area contributed by atoms with Gasteiger partial charge in [0.1, 0.15) is 18.1 Å². The Morgan fingerprint density at radius 2 is 2.06 bits per heavy atom. The zero-order valence-corrected chi connectivity index (χ0v) is 18.4. The number of fused-ring (bicyclic) bond motifs is 1. The second-order valence-corrected chi connectivity index (χ2v) is 8.23. The summed E-state index contributed by atoms with van der Waals surface area (Å²) in [5.74, 6) is -0.590. The van der Waals surface area contributed by atoms with E-state index in [9.17, 15) is 14.0 Å².